The van der Waals surface area contributed by atoms with Crippen LogP contribution in [0.1, 0.15) is 39.0 Å². The van der Waals surface area contributed by atoms with E-state index in [0.29, 0.717) is 12.5 Å². The van der Waals surface area contributed by atoms with Gasteiger partial charge in [0.25, 0.3) is 0 Å². The van der Waals surface area contributed by atoms with E-state index in [0.717, 1.165) is 12.8 Å². The predicted molar refractivity (Wildman–Crippen MR) is 55.7 cm³/mol. The number of carbonyl (C=O) groups excluding carboxylic acids is 1. The SMILES string of the molecule is CC(CN)(NC(=O)C1CCC1)C1CC1. The third-order valence-corrected chi connectivity index (χ3v) is 3.79. The summed E-state index contributed by atoms with van der Waals surface area (Å²) in [6.45, 7) is 2.65. The second-order valence-corrected chi connectivity index (χ2v) is 5.01. The Balaban J connectivity index is 1.89. The molecule has 3 N–H and O–H groups in total. The van der Waals surface area contributed by atoms with Crippen molar-refractivity contribution in [1.82, 2.24) is 5.32 Å². The van der Waals surface area contributed by atoms with Crippen LogP contribution in [0.2, 0.25) is 0 Å². The van der Waals surface area contributed by atoms with E-state index in [-0.39, 0.29) is 17.4 Å². The van der Waals surface area contributed by atoms with E-state index in [1.807, 2.05) is 0 Å². The highest BCUT2D eigenvalue weighted by atomic mass is 16.2. The summed E-state index contributed by atoms with van der Waals surface area (Å²) in [5.41, 5.74) is 5.61. The maximum atomic E-state index is 11.8. The Kier molecular flexibility index (Phi) is 2.52. The number of rotatable bonds is 4. The van der Waals surface area contributed by atoms with Crippen LogP contribution < -0.4 is 11.1 Å². The summed E-state index contributed by atoms with van der Waals surface area (Å²) < 4.78 is 0. The van der Waals surface area contributed by atoms with Crippen molar-refractivity contribution in [3.8, 4) is 0 Å². The molecule has 0 bridgehead atoms. The Hall–Kier alpha value is -0.570. The van der Waals surface area contributed by atoms with Gasteiger partial charge in [-0.3, -0.25) is 4.79 Å². The van der Waals surface area contributed by atoms with Gasteiger partial charge in [0.1, 0.15) is 0 Å². The van der Waals surface area contributed by atoms with Gasteiger partial charge in [0.05, 0.1) is 5.54 Å². The molecule has 0 heterocycles. The van der Waals surface area contributed by atoms with Gasteiger partial charge in [-0.2, -0.15) is 0 Å². The normalized spacial score (nSPS) is 26.4. The molecule has 1 unspecified atom stereocenters. The van der Waals surface area contributed by atoms with Crippen molar-refractivity contribution < 1.29 is 4.79 Å². The van der Waals surface area contributed by atoms with Gasteiger partial charge in [-0.15, -0.1) is 0 Å². The Bertz CT molecular complexity index is 233. The minimum absolute atomic E-state index is 0.132. The van der Waals surface area contributed by atoms with E-state index >= 15 is 0 Å². The molecule has 1 atom stereocenters. The van der Waals surface area contributed by atoms with Crippen molar-refractivity contribution in [2.24, 2.45) is 17.6 Å². The summed E-state index contributed by atoms with van der Waals surface area (Å²) in [5, 5.41) is 3.14. The quantitative estimate of drug-likeness (QED) is 0.705. The molecule has 0 radical (unpaired) electrons. The van der Waals surface area contributed by atoms with Crippen LogP contribution >= 0.6 is 0 Å². The molecule has 2 saturated carbocycles. The number of amides is 1. The molecule has 1 amide bonds. The zero-order chi connectivity index (χ0) is 10.2. The molecule has 2 rings (SSSR count). The highest BCUT2D eigenvalue weighted by molar-refractivity contribution is 5.80. The summed E-state index contributed by atoms with van der Waals surface area (Å²) in [5.74, 6) is 1.13. The van der Waals surface area contributed by atoms with Gasteiger partial charge >= 0.3 is 0 Å². The fourth-order valence-electron chi connectivity index (χ4n) is 2.09. The van der Waals surface area contributed by atoms with Gasteiger partial charge in [-0.25, -0.2) is 0 Å². The molecular formula is C11H20N2O. The van der Waals surface area contributed by atoms with Gasteiger partial charge in [0.2, 0.25) is 5.91 Å². The molecule has 2 fully saturated rings. The molecule has 0 aromatic rings. The maximum absolute atomic E-state index is 11.8. The lowest BCUT2D eigenvalue weighted by Crippen LogP contribution is -2.55. The Morgan fingerprint density at radius 1 is 1.43 bits per heavy atom. The fraction of sp³-hybridized carbons (Fsp3) is 0.909. The Morgan fingerprint density at radius 2 is 2.07 bits per heavy atom. The van der Waals surface area contributed by atoms with Gasteiger partial charge in [0, 0.05) is 12.5 Å². The monoisotopic (exact) mass is 196 g/mol. The molecule has 0 aromatic heterocycles. The largest absolute Gasteiger partial charge is 0.349 e. The molecule has 2 aliphatic carbocycles. The van der Waals surface area contributed by atoms with E-state index in [1.54, 1.807) is 0 Å². The fourth-order valence-corrected chi connectivity index (χ4v) is 2.09. The minimum Gasteiger partial charge on any atom is -0.349 e. The Morgan fingerprint density at radius 3 is 2.43 bits per heavy atom. The minimum atomic E-state index is -0.132. The summed E-state index contributed by atoms with van der Waals surface area (Å²) in [6, 6.07) is 0. The first-order chi connectivity index (χ1) is 6.65. The number of hydrogen-bond acceptors (Lipinski definition) is 2. The van der Waals surface area contributed by atoms with Gasteiger partial charge in [-0.05, 0) is 38.5 Å². The lowest BCUT2D eigenvalue weighted by atomic mass is 9.83. The first-order valence-electron chi connectivity index (χ1n) is 5.68. The molecule has 0 spiro atoms. The van der Waals surface area contributed by atoms with E-state index in [4.69, 9.17) is 5.73 Å². The van der Waals surface area contributed by atoms with Gasteiger partial charge in [0.15, 0.2) is 0 Å². The van der Waals surface area contributed by atoms with E-state index in [1.165, 1.54) is 19.3 Å². The average molecular weight is 196 g/mol. The van der Waals surface area contributed by atoms with E-state index in [9.17, 15) is 4.79 Å². The highest BCUT2D eigenvalue weighted by Gasteiger charge is 2.42. The lowest BCUT2D eigenvalue weighted by Gasteiger charge is -2.33. The van der Waals surface area contributed by atoms with E-state index in [2.05, 4.69) is 12.2 Å². The molecule has 2 aliphatic rings. The standard InChI is InChI=1S/C11H20N2O/c1-11(7-12,9-5-6-9)13-10(14)8-3-2-4-8/h8-9H,2-7,12H2,1H3,(H,13,14). The van der Waals surface area contributed by atoms with Crippen molar-refractivity contribution in [1.29, 1.82) is 0 Å². The smallest absolute Gasteiger partial charge is 0.223 e. The molecule has 14 heavy (non-hydrogen) atoms. The second kappa shape index (κ2) is 3.54. The van der Waals surface area contributed by atoms with Crippen LogP contribution in [0.25, 0.3) is 0 Å². The first-order valence-corrected chi connectivity index (χ1v) is 5.68. The van der Waals surface area contributed by atoms with Gasteiger partial charge in [-0.1, -0.05) is 6.42 Å². The van der Waals surface area contributed by atoms with Crippen LogP contribution in [0, 0.1) is 11.8 Å². The molecule has 0 saturated heterocycles. The number of carbonyl (C=O) groups is 1. The van der Waals surface area contributed by atoms with Crippen LogP contribution in [-0.2, 0) is 4.79 Å². The first kappa shape index (κ1) is 9.97. The van der Waals surface area contributed by atoms with Crippen molar-refractivity contribution in [3.05, 3.63) is 0 Å². The zero-order valence-corrected chi connectivity index (χ0v) is 8.88. The summed E-state index contributed by atoms with van der Waals surface area (Å²) in [6.07, 6.45) is 5.78. The van der Waals surface area contributed by atoms with E-state index < -0.39 is 0 Å². The van der Waals surface area contributed by atoms with Crippen LogP contribution in [0.15, 0.2) is 0 Å². The van der Waals surface area contributed by atoms with Crippen LogP contribution in [0.3, 0.4) is 0 Å². The van der Waals surface area contributed by atoms with Crippen molar-refractivity contribution >= 4 is 5.91 Å². The number of nitrogens with one attached hydrogen (secondary N) is 1. The molecule has 80 valence electrons. The van der Waals surface area contributed by atoms with Crippen molar-refractivity contribution in [2.75, 3.05) is 6.54 Å². The summed E-state index contributed by atoms with van der Waals surface area (Å²) in [4.78, 5) is 11.8. The van der Waals surface area contributed by atoms with Crippen LogP contribution in [0.4, 0.5) is 0 Å². The molecular weight excluding hydrogens is 176 g/mol. The topological polar surface area (TPSA) is 55.1 Å². The summed E-state index contributed by atoms with van der Waals surface area (Å²) in [7, 11) is 0. The lowest BCUT2D eigenvalue weighted by molar-refractivity contribution is -0.129. The highest BCUT2D eigenvalue weighted by Crippen LogP contribution is 2.39. The van der Waals surface area contributed by atoms with Crippen molar-refractivity contribution in [2.45, 2.75) is 44.6 Å². The number of hydrogen-bond donors (Lipinski definition) is 2. The molecule has 3 heteroatoms. The molecule has 0 aromatic carbocycles. The van der Waals surface area contributed by atoms with Crippen LogP contribution in [-0.4, -0.2) is 18.0 Å². The Labute approximate surface area is 85.4 Å². The predicted octanol–water partition coefficient (Wildman–Crippen LogP) is 1.03. The van der Waals surface area contributed by atoms with Gasteiger partial charge < -0.3 is 11.1 Å². The number of nitrogens with two attached hydrogens (primary N) is 1. The van der Waals surface area contributed by atoms with Crippen LogP contribution in [0.5, 0.6) is 0 Å². The molecule has 0 aliphatic heterocycles. The zero-order valence-electron chi connectivity index (χ0n) is 8.88. The summed E-state index contributed by atoms with van der Waals surface area (Å²) >= 11 is 0. The third kappa shape index (κ3) is 1.78. The maximum Gasteiger partial charge on any atom is 0.223 e. The molecule has 3 nitrogen and oxygen atoms in total. The van der Waals surface area contributed by atoms with Crippen molar-refractivity contribution in [3.63, 3.8) is 0 Å². The average Bonchev–Trinajstić information content (AvgIpc) is 2.82. The third-order valence-electron chi connectivity index (χ3n) is 3.79. The second-order valence-electron chi connectivity index (χ2n) is 5.01.